The van der Waals surface area contributed by atoms with Crippen molar-refractivity contribution in [3.05, 3.63) is 75.8 Å². The standard InChI is InChI=1S/C19H18N2O4/c22-19(17-3-1-2-4-18(17)21(23)24)10-7-15-5-8-16(9-6-15)20-11-13-25-14-12-20/h1-10H,11-14H2/b10-7+. The molecule has 0 amide bonds. The Hall–Kier alpha value is -2.99. The van der Waals surface area contributed by atoms with Gasteiger partial charge in [-0.3, -0.25) is 14.9 Å². The Labute approximate surface area is 145 Å². The molecular formula is C19H18N2O4. The average molecular weight is 338 g/mol. The van der Waals surface area contributed by atoms with Gasteiger partial charge in [-0.2, -0.15) is 0 Å². The van der Waals surface area contributed by atoms with E-state index in [1.165, 1.54) is 18.2 Å². The highest BCUT2D eigenvalue weighted by atomic mass is 16.6. The van der Waals surface area contributed by atoms with Crippen molar-refractivity contribution < 1.29 is 14.5 Å². The minimum absolute atomic E-state index is 0.0914. The lowest BCUT2D eigenvalue weighted by Crippen LogP contribution is -2.36. The predicted molar refractivity (Wildman–Crippen MR) is 95.9 cm³/mol. The number of rotatable bonds is 5. The molecule has 0 aliphatic carbocycles. The first kappa shape index (κ1) is 16.9. The minimum atomic E-state index is -0.543. The third-order valence-electron chi connectivity index (χ3n) is 4.06. The first-order chi connectivity index (χ1) is 12.1. The first-order valence-corrected chi connectivity index (χ1v) is 8.04. The van der Waals surface area contributed by atoms with Crippen LogP contribution in [-0.2, 0) is 4.74 Å². The lowest BCUT2D eigenvalue weighted by molar-refractivity contribution is -0.385. The first-order valence-electron chi connectivity index (χ1n) is 8.04. The molecule has 0 aromatic heterocycles. The molecule has 1 aliphatic rings. The number of morpholine rings is 1. The zero-order chi connectivity index (χ0) is 17.6. The average Bonchev–Trinajstić information content (AvgIpc) is 2.67. The molecule has 0 unspecified atom stereocenters. The second-order valence-electron chi connectivity index (χ2n) is 5.66. The van der Waals surface area contributed by atoms with Crippen LogP contribution in [0.5, 0.6) is 0 Å². The zero-order valence-electron chi connectivity index (χ0n) is 13.6. The molecule has 128 valence electrons. The number of ether oxygens (including phenoxy) is 1. The van der Waals surface area contributed by atoms with Crippen LogP contribution in [0.3, 0.4) is 0 Å². The van der Waals surface area contributed by atoms with Crippen LogP contribution in [0.15, 0.2) is 54.6 Å². The van der Waals surface area contributed by atoms with E-state index in [4.69, 9.17) is 4.74 Å². The summed E-state index contributed by atoms with van der Waals surface area (Å²) in [6.07, 6.45) is 3.04. The van der Waals surface area contributed by atoms with Gasteiger partial charge in [0.15, 0.2) is 5.78 Å². The minimum Gasteiger partial charge on any atom is -0.378 e. The van der Waals surface area contributed by atoms with Crippen LogP contribution in [-0.4, -0.2) is 37.0 Å². The molecule has 3 rings (SSSR count). The third kappa shape index (κ3) is 4.10. The Bertz CT molecular complexity index is 793. The number of benzene rings is 2. The number of hydrogen-bond acceptors (Lipinski definition) is 5. The number of nitro groups is 1. The molecule has 0 bridgehead atoms. The Balaban J connectivity index is 1.71. The fourth-order valence-electron chi connectivity index (χ4n) is 2.72. The van der Waals surface area contributed by atoms with Crippen LogP contribution in [0, 0.1) is 10.1 Å². The van der Waals surface area contributed by atoms with E-state index in [9.17, 15) is 14.9 Å². The quantitative estimate of drug-likeness (QED) is 0.362. The molecule has 1 fully saturated rings. The largest absolute Gasteiger partial charge is 0.378 e. The Kier molecular flexibility index (Phi) is 5.20. The second kappa shape index (κ2) is 7.72. The lowest BCUT2D eigenvalue weighted by Gasteiger charge is -2.28. The van der Waals surface area contributed by atoms with E-state index in [2.05, 4.69) is 4.90 Å². The number of carbonyl (C=O) groups is 1. The van der Waals surface area contributed by atoms with Crippen molar-refractivity contribution in [1.29, 1.82) is 0 Å². The van der Waals surface area contributed by atoms with Crippen molar-refractivity contribution in [2.45, 2.75) is 0 Å². The highest BCUT2D eigenvalue weighted by Gasteiger charge is 2.17. The van der Waals surface area contributed by atoms with Gasteiger partial charge in [-0.15, -0.1) is 0 Å². The fraction of sp³-hybridized carbons (Fsp3) is 0.211. The highest BCUT2D eigenvalue weighted by Crippen LogP contribution is 2.20. The van der Waals surface area contributed by atoms with Crippen molar-refractivity contribution in [3.63, 3.8) is 0 Å². The smallest absolute Gasteiger partial charge is 0.280 e. The van der Waals surface area contributed by atoms with E-state index in [0.717, 1.165) is 37.6 Å². The summed E-state index contributed by atoms with van der Waals surface area (Å²) in [5.41, 5.74) is 1.89. The van der Waals surface area contributed by atoms with Crippen LogP contribution in [0.4, 0.5) is 11.4 Å². The number of ketones is 1. The number of carbonyl (C=O) groups excluding carboxylic acids is 1. The van der Waals surface area contributed by atoms with Gasteiger partial charge in [0.1, 0.15) is 0 Å². The maximum atomic E-state index is 12.2. The SMILES string of the molecule is O=C(/C=C/c1ccc(N2CCOCC2)cc1)c1ccccc1[N+](=O)[O-]. The zero-order valence-corrected chi connectivity index (χ0v) is 13.6. The fourth-order valence-corrected chi connectivity index (χ4v) is 2.72. The Morgan fingerprint density at radius 3 is 2.44 bits per heavy atom. The summed E-state index contributed by atoms with van der Waals surface area (Å²) in [5.74, 6) is -0.385. The van der Waals surface area contributed by atoms with Crippen LogP contribution in [0.2, 0.25) is 0 Å². The predicted octanol–water partition coefficient (Wildman–Crippen LogP) is 3.33. The number of nitro benzene ring substituents is 1. The van der Waals surface area contributed by atoms with E-state index >= 15 is 0 Å². The van der Waals surface area contributed by atoms with Gasteiger partial charge < -0.3 is 9.64 Å². The van der Waals surface area contributed by atoms with Gasteiger partial charge in [0, 0.05) is 24.8 Å². The van der Waals surface area contributed by atoms with Gasteiger partial charge in [-0.1, -0.05) is 30.3 Å². The number of allylic oxidation sites excluding steroid dienone is 1. The molecule has 2 aromatic rings. The van der Waals surface area contributed by atoms with Crippen molar-refractivity contribution in [2.75, 3.05) is 31.2 Å². The summed E-state index contributed by atoms with van der Waals surface area (Å²) in [6.45, 7) is 3.19. The van der Waals surface area contributed by atoms with Crippen molar-refractivity contribution in [2.24, 2.45) is 0 Å². The summed E-state index contributed by atoms with van der Waals surface area (Å²) < 4.78 is 5.34. The van der Waals surface area contributed by atoms with Gasteiger partial charge in [0.2, 0.25) is 0 Å². The lowest BCUT2D eigenvalue weighted by atomic mass is 10.1. The molecule has 0 spiro atoms. The number of hydrogen-bond donors (Lipinski definition) is 0. The third-order valence-corrected chi connectivity index (χ3v) is 4.06. The van der Waals surface area contributed by atoms with Crippen LogP contribution >= 0.6 is 0 Å². The maximum absolute atomic E-state index is 12.2. The van der Waals surface area contributed by atoms with Gasteiger partial charge in [-0.25, -0.2) is 0 Å². The Morgan fingerprint density at radius 1 is 1.08 bits per heavy atom. The Morgan fingerprint density at radius 2 is 1.76 bits per heavy atom. The molecular weight excluding hydrogens is 320 g/mol. The van der Waals surface area contributed by atoms with Crippen molar-refractivity contribution >= 4 is 23.2 Å². The van der Waals surface area contributed by atoms with Gasteiger partial charge in [-0.05, 0) is 29.8 Å². The van der Waals surface area contributed by atoms with E-state index in [0.29, 0.717) is 0 Å². The van der Waals surface area contributed by atoms with E-state index in [-0.39, 0.29) is 17.0 Å². The topological polar surface area (TPSA) is 72.7 Å². The number of nitrogens with zero attached hydrogens (tertiary/aromatic N) is 2. The molecule has 0 atom stereocenters. The molecule has 1 heterocycles. The molecule has 6 nitrogen and oxygen atoms in total. The molecule has 0 N–H and O–H groups in total. The van der Waals surface area contributed by atoms with E-state index in [1.54, 1.807) is 18.2 Å². The molecule has 0 saturated carbocycles. The van der Waals surface area contributed by atoms with E-state index in [1.807, 2.05) is 24.3 Å². The summed E-state index contributed by atoms with van der Waals surface area (Å²) >= 11 is 0. The summed E-state index contributed by atoms with van der Waals surface area (Å²) in [4.78, 5) is 25.0. The second-order valence-corrected chi connectivity index (χ2v) is 5.66. The number of anilines is 1. The van der Waals surface area contributed by atoms with Crippen LogP contribution in [0.1, 0.15) is 15.9 Å². The van der Waals surface area contributed by atoms with Crippen molar-refractivity contribution in [3.8, 4) is 0 Å². The van der Waals surface area contributed by atoms with Gasteiger partial charge >= 0.3 is 0 Å². The van der Waals surface area contributed by atoms with Gasteiger partial charge in [0.05, 0.1) is 23.7 Å². The van der Waals surface area contributed by atoms with Gasteiger partial charge in [0.25, 0.3) is 5.69 Å². The molecule has 25 heavy (non-hydrogen) atoms. The van der Waals surface area contributed by atoms with Crippen LogP contribution < -0.4 is 4.90 Å². The number of para-hydroxylation sites is 1. The highest BCUT2D eigenvalue weighted by molar-refractivity contribution is 6.09. The molecule has 2 aromatic carbocycles. The molecule has 1 saturated heterocycles. The monoisotopic (exact) mass is 338 g/mol. The molecule has 6 heteroatoms. The maximum Gasteiger partial charge on any atom is 0.280 e. The summed E-state index contributed by atoms with van der Waals surface area (Å²) in [6, 6.07) is 13.8. The van der Waals surface area contributed by atoms with Crippen molar-refractivity contribution in [1.82, 2.24) is 0 Å². The summed E-state index contributed by atoms with van der Waals surface area (Å²) in [5, 5.41) is 11.0. The summed E-state index contributed by atoms with van der Waals surface area (Å²) in [7, 11) is 0. The molecule has 1 aliphatic heterocycles. The van der Waals surface area contributed by atoms with Crippen LogP contribution in [0.25, 0.3) is 6.08 Å². The molecule has 0 radical (unpaired) electrons. The normalized spacial score (nSPS) is 14.6. The van der Waals surface area contributed by atoms with E-state index < -0.39 is 4.92 Å².